The lowest BCUT2D eigenvalue weighted by molar-refractivity contribution is -0.388. The topological polar surface area (TPSA) is 86.5 Å². The number of rotatable bonds is 6. The second-order valence-corrected chi connectivity index (χ2v) is 6.76. The maximum absolute atomic E-state index is 13.5. The number of sulfone groups is 1. The lowest BCUT2D eigenvalue weighted by atomic mass is 10.3. The average Bonchev–Trinajstić information content (AvgIpc) is 2.38. The largest absolute Gasteiger partial charge is 0.494 e. The number of ether oxygens (including phenoxy) is 1. The summed E-state index contributed by atoms with van der Waals surface area (Å²) in [7, 11) is -2.86. The molecule has 1 unspecified atom stereocenters. The van der Waals surface area contributed by atoms with E-state index in [-0.39, 0.29) is 18.1 Å². The summed E-state index contributed by atoms with van der Waals surface area (Å²) in [6, 6.07) is 1.37. The molecule has 0 saturated carbocycles. The summed E-state index contributed by atoms with van der Waals surface area (Å²) in [5.74, 6) is -1.28. The summed E-state index contributed by atoms with van der Waals surface area (Å²) in [4.78, 5) is 9.40. The van der Waals surface area contributed by atoms with Crippen molar-refractivity contribution in [3.63, 3.8) is 0 Å². The molecule has 1 atom stereocenters. The van der Waals surface area contributed by atoms with Gasteiger partial charge in [0.1, 0.15) is 4.90 Å². The zero-order valence-corrected chi connectivity index (χ0v) is 12.4. The molecule has 0 spiro atoms. The SMILES string of the molecule is COc1cc(S(=O)(=O)C(C)CCCl)c([N+](=O)[O-])cc1F. The van der Waals surface area contributed by atoms with Gasteiger partial charge in [-0.05, 0) is 13.3 Å². The van der Waals surface area contributed by atoms with Crippen LogP contribution >= 0.6 is 11.6 Å². The van der Waals surface area contributed by atoms with Gasteiger partial charge in [0.05, 0.1) is 23.3 Å². The van der Waals surface area contributed by atoms with Gasteiger partial charge in [-0.15, -0.1) is 11.6 Å². The molecular formula is C11H13ClFNO5S. The Balaban J connectivity index is 3.53. The Morgan fingerprint density at radius 2 is 2.10 bits per heavy atom. The van der Waals surface area contributed by atoms with E-state index in [1.807, 2.05) is 0 Å². The molecule has 6 nitrogen and oxygen atoms in total. The lowest BCUT2D eigenvalue weighted by Crippen LogP contribution is -2.20. The Kier molecular flexibility index (Phi) is 5.29. The third-order valence-electron chi connectivity index (χ3n) is 2.78. The molecule has 0 heterocycles. The molecular weight excluding hydrogens is 313 g/mol. The highest BCUT2D eigenvalue weighted by atomic mass is 35.5. The molecule has 0 aliphatic carbocycles. The molecule has 20 heavy (non-hydrogen) atoms. The van der Waals surface area contributed by atoms with Crippen LogP contribution in [0.25, 0.3) is 0 Å². The predicted molar refractivity (Wildman–Crippen MR) is 71.6 cm³/mol. The molecule has 9 heteroatoms. The van der Waals surface area contributed by atoms with E-state index in [9.17, 15) is 22.9 Å². The smallest absolute Gasteiger partial charge is 0.291 e. The maximum atomic E-state index is 13.5. The van der Waals surface area contributed by atoms with E-state index in [2.05, 4.69) is 4.74 Å². The van der Waals surface area contributed by atoms with Crippen LogP contribution in [0.1, 0.15) is 13.3 Å². The summed E-state index contributed by atoms with van der Waals surface area (Å²) < 4.78 is 42.7. The number of hydrogen-bond acceptors (Lipinski definition) is 5. The highest BCUT2D eigenvalue weighted by Crippen LogP contribution is 2.33. The van der Waals surface area contributed by atoms with E-state index in [1.165, 1.54) is 6.92 Å². The van der Waals surface area contributed by atoms with Gasteiger partial charge in [0, 0.05) is 11.9 Å². The molecule has 0 N–H and O–H groups in total. The quantitative estimate of drug-likeness (QED) is 0.347. The maximum Gasteiger partial charge on any atom is 0.291 e. The summed E-state index contributed by atoms with van der Waals surface area (Å²) in [5, 5.41) is 9.99. The van der Waals surface area contributed by atoms with Crippen LogP contribution in [0.3, 0.4) is 0 Å². The molecule has 1 aromatic carbocycles. The minimum absolute atomic E-state index is 0.0898. The molecule has 0 fully saturated rings. The van der Waals surface area contributed by atoms with Gasteiger partial charge in [-0.2, -0.15) is 0 Å². The van der Waals surface area contributed by atoms with Crippen molar-refractivity contribution in [1.29, 1.82) is 0 Å². The van der Waals surface area contributed by atoms with E-state index in [0.29, 0.717) is 6.07 Å². The van der Waals surface area contributed by atoms with Crippen molar-refractivity contribution in [3.8, 4) is 5.75 Å². The number of alkyl halides is 1. The first kappa shape index (κ1) is 16.6. The van der Waals surface area contributed by atoms with Crippen LogP contribution in [0.5, 0.6) is 5.75 Å². The first-order valence-electron chi connectivity index (χ1n) is 5.57. The van der Waals surface area contributed by atoms with Crippen LogP contribution in [0.4, 0.5) is 10.1 Å². The van der Waals surface area contributed by atoms with Gasteiger partial charge in [-0.3, -0.25) is 10.1 Å². The number of methoxy groups -OCH3 is 1. The molecule has 112 valence electrons. The van der Waals surface area contributed by atoms with E-state index in [1.54, 1.807) is 0 Å². The number of halogens is 2. The molecule has 0 saturated heterocycles. The Labute approximate surface area is 120 Å². The minimum atomic E-state index is -4.00. The summed E-state index contributed by atoms with van der Waals surface area (Å²) in [6.45, 7) is 1.39. The number of nitrogens with zero attached hydrogens (tertiary/aromatic N) is 1. The van der Waals surface area contributed by atoms with E-state index < -0.39 is 36.4 Å². The fourth-order valence-corrected chi connectivity index (χ4v) is 3.59. The van der Waals surface area contributed by atoms with Crippen molar-refractivity contribution >= 4 is 27.1 Å². The zero-order valence-electron chi connectivity index (χ0n) is 10.8. The van der Waals surface area contributed by atoms with Gasteiger partial charge < -0.3 is 4.74 Å². The van der Waals surface area contributed by atoms with E-state index in [4.69, 9.17) is 11.6 Å². The standard InChI is InChI=1S/C11H13ClFNO5S/c1-7(3-4-12)20(17,18)11-6-10(19-2)8(13)5-9(11)14(15)16/h5-7H,3-4H2,1-2H3. The molecule has 0 amide bonds. The number of nitro groups is 1. The average molecular weight is 326 g/mol. The summed E-state index contributed by atoms with van der Waals surface area (Å²) in [6.07, 6.45) is 0.126. The van der Waals surface area contributed by atoms with Gasteiger partial charge in [-0.1, -0.05) is 0 Å². The third kappa shape index (κ3) is 3.18. The van der Waals surface area contributed by atoms with Crippen LogP contribution in [0, 0.1) is 15.9 Å². The molecule has 0 bridgehead atoms. The second-order valence-electron chi connectivity index (χ2n) is 4.04. The molecule has 0 aliphatic heterocycles. The summed E-state index contributed by atoms with van der Waals surface area (Å²) >= 11 is 5.49. The molecule has 0 radical (unpaired) electrons. The second kappa shape index (κ2) is 6.36. The van der Waals surface area contributed by atoms with Crippen molar-refractivity contribution in [1.82, 2.24) is 0 Å². The highest BCUT2D eigenvalue weighted by molar-refractivity contribution is 7.92. The summed E-state index contributed by atoms with van der Waals surface area (Å²) in [5.41, 5.74) is -0.815. The third-order valence-corrected chi connectivity index (χ3v) is 5.24. The van der Waals surface area contributed by atoms with Gasteiger partial charge in [0.2, 0.25) is 0 Å². The van der Waals surface area contributed by atoms with Crippen LogP contribution < -0.4 is 4.74 Å². The Morgan fingerprint density at radius 3 is 2.55 bits per heavy atom. The number of hydrogen-bond donors (Lipinski definition) is 0. The van der Waals surface area contributed by atoms with Crippen LogP contribution in [0.15, 0.2) is 17.0 Å². The van der Waals surface area contributed by atoms with E-state index >= 15 is 0 Å². The highest BCUT2D eigenvalue weighted by Gasteiger charge is 2.32. The van der Waals surface area contributed by atoms with Gasteiger partial charge in [-0.25, -0.2) is 12.8 Å². The fourth-order valence-electron chi connectivity index (χ4n) is 1.58. The monoisotopic (exact) mass is 325 g/mol. The van der Waals surface area contributed by atoms with Crippen molar-refractivity contribution in [2.24, 2.45) is 0 Å². The van der Waals surface area contributed by atoms with Crippen LogP contribution in [0.2, 0.25) is 0 Å². The van der Waals surface area contributed by atoms with Crippen molar-refractivity contribution in [3.05, 3.63) is 28.1 Å². The zero-order chi connectivity index (χ0) is 15.5. The van der Waals surface area contributed by atoms with Gasteiger partial charge in [0.25, 0.3) is 5.69 Å². The first-order chi connectivity index (χ1) is 9.25. The Hall–Kier alpha value is -1.41. The predicted octanol–water partition coefficient (Wildman–Crippen LogP) is 2.53. The Bertz CT molecular complexity index is 619. The van der Waals surface area contributed by atoms with Crippen LogP contribution in [-0.2, 0) is 9.84 Å². The van der Waals surface area contributed by atoms with Gasteiger partial charge >= 0.3 is 0 Å². The first-order valence-corrected chi connectivity index (χ1v) is 7.65. The van der Waals surface area contributed by atoms with Crippen LogP contribution in [-0.4, -0.2) is 31.6 Å². The van der Waals surface area contributed by atoms with Crippen molar-refractivity contribution < 1.29 is 22.5 Å². The van der Waals surface area contributed by atoms with Crippen molar-refractivity contribution in [2.45, 2.75) is 23.5 Å². The fraction of sp³-hybridized carbons (Fsp3) is 0.455. The molecule has 1 aromatic rings. The van der Waals surface area contributed by atoms with E-state index in [0.717, 1.165) is 13.2 Å². The van der Waals surface area contributed by atoms with Crippen molar-refractivity contribution in [2.75, 3.05) is 13.0 Å². The molecule has 0 aromatic heterocycles. The normalized spacial score (nSPS) is 13.0. The molecule has 1 rings (SSSR count). The number of nitro benzene ring substituents is 1. The number of benzene rings is 1. The minimum Gasteiger partial charge on any atom is -0.494 e. The molecule has 0 aliphatic rings. The van der Waals surface area contributed by atoms with Gasteiger partial charge in [0.15, 0.2) is 21.4 Å². The Morgan fingerprint density at radius 1 is 1.50 bits per heavy atom. The lowest BCUT2D eigenvalue weighted by Gasteiger charge is -2.13.